The number of benzene rings is 2. The zero-order valence-corrected chi connectivity index (χ0v) is 14.8. The average Bonchev–Trinajstić information content (AvgIpc) is 2.67. The predicted octanol–water partition coefficient (Wildman–Crippen LogP) is 3.23. The number of methoxy groups -OCH3 is 1. The van der Waals surface area contributed by atoms with Crippen LogP contribution in [-0.4, -0.2) is 25.6 Å². The second-order valence-corrected chi connectivity index (χ2v) is 5.59. The molecule has 0 fully saturated rings. The van der Waals surface area contributed by atoms with Gasteiger partial charge in [0.2, 0.25) is 0 Å². The van der Waals surface area contributed by atoms with E-state index in [1.807, 2.05) is 6.92 Å². The summed E-state index contributed by atoms with van der Waals surface area (Å²) >= 11 is 0. The first kappa shape index (κ1) is 18.2. The van der Waals surface area contributed by atoms with Crippen LogP contribution in [0.4, 0.5) is 5.69 Å². The van der Waals surface area contributed by atoms with Crippen molar-refractivity contribution in [1.82, 2.24) is 0 Å². The van der Waals surface area contributed by atoms with Crippen LogP contribution >= 0.6 is 0 Å². The third-order valence-electron chi connectivity index (χ3n) is 3.84. The number of carbonyl (C=O) groups is 2. The summed E-state index contributed by atoms with van der Waals surface area (Å²) in [5, 5.41) is 3.19. The molecule has 1 amide bonds. The van der Waals surface area contributed by atoms with Gasteiger partial charge in [-0.1, -0.05) is 0 Å². The highest BCUT2D eigenvalue weighted by molar-refractivity contribution is 6.12. The van der Waals surface area contributed by atoms with Gasteiger partial charge >= 0.3 is 11.6 Å². The molecule has 0 atom stereocenters. The van der Waals surface area contributed by atoms with Gasteiger partial charge in [-0.25, -0.2) is 9.59 Å². The van der Waals surface area contributed by atoms with E-state index in [1.54, 1.807) is 30.3 Å². The molecule has 7 heteroatoms. The summed E-state index contributed by atoms with van der Waals surface area (Å²) < 4.78 is 15.2. The fraction of sp³-hybridized carbons (Fsp3) is 0.150. The van der Waals surface area contributed by atoms with Crippen molar-refractivity contribution >= 4 is 28.5 Å². The van der Waals surface area contributed by atoms with Crippen LogP contribution < -0.4 is 15.7 Å². The highest BCUT2D eigenvalue weighted by Crippen LogP contribution is 2.23. The Labute approximate surface area is 154 Å². The summed E-state index contributed by atoms with van der Waals surface area (Å²) in [4.78, 5) is 36.0. The lowest BCUT2D eigenvalue weighted by Crippen LogP contribution is -2.15. The molecular weight excluding hydrogens is 350 g/mol. The monoisotopic (exact) mass is 367 g/mol. The van der Waals surface area contributed by atoms with Crippen LogP contribution in [-0.2, 0) is 4.74 Å². The van der Waals surface area contributed by atoms with Gasteiger partial charge in [0.15, 0.2) is 0 Å². The molecule has 7 nitrogen and oxygen atoms in total. The molecule has 3 rings (SSSR count). The average molecular weight is 367 g/mol. The topological polar surface area (TPSA) is 94.8 Å². The Kier molecular flexibility index (Phi) is 5.21. The van der Waals surface area contributed by atoms with E-state index in [4.69, 9.17) is 9.15 Å². The van der Waals surface area contributed by atoms with Crippen LogP contribution in [0.2, 0.25) is 0 Å². The van der Waals surface area contributed by atoms with Crippen LogP contribution in [0, 0.1) is 0 Å². The van der Waals surface area contributed by atoms with E-state index in [-0.39, 0.29) is 11.1 Å². The second kappa shape index (κ2) is 7.74. The van der Waals surface area contributed by atoms with E-state index in [2.05, 4.69) is 10.1 Å². The van der Waals surface area contributed by atoms with E-state index in [0.29, 0.717) is 29.0 Å². The molecule has 1 N–H and O–H groups in total. The summed E-state index contributed by atoms with van der Waals surface area (Å²) in [6.45, 7) is 2.31. The number of carbonyl (C=O) groups excluding carboxylic acids is 2. The largest absolute Gasteiger partial charge is 0.494 e. The fourth-order valence-corrected chi connectivity index (χ4v) is 2.59. The number of rotatable bonds is 5. The normalized spacial score (nSPS) is 10.4. The highest BCUT2D eigenvalue weighted by atomic mass is 16.5. The Morgan fingerprint density at radius 3 is 2.48 bits per heavy atom. The number of esters is 1. The van der Waals surface area contributed by atoms with Gasteiger partial charge in [0, 0.05) is 23.2 Å². The van der Waals surface area contributed by atoms with Crippen molar-refractivity contribution in [3.8, 4) is 5.75 Å². The van der Waals surface area contributed by atoms with Crippen LogP contribution in [0.25, 0.3) is 11.0 Å². The molecule has 0 saturated carbocycles. The molecule has 0 aliphatic heterocycles. The maximum absolute atomic E-state index is 12.7. The minimum atomic E-state index is -0.637. The van der Waals surface area contributed by atoms with E-state index in [0.717, 1.165) is 6.07 Å². The Morgan fingerprint density at radius 1 is 1.07 bits per heavy atom. The lowest BCUT2D eigenvalue weighted by Gasteiger charge is -2.09. The van der Waals surface area contributed by atoms with E-state index >= 15 is 0 Å². The first-order chi connectivity index (χ1) is 13.0. The summed E-state index contributed by atoms with van der Waals surface area (Å²) in [5.41, 5.74) is 0.646. The van der Waals surface area contributed by atoms with E-state index in [1.165, 1.54) is 19.2 Å². The van der Waals surface area contributed by atoms with Crippen molar-refractivity contribution in [3.05, 3.63) is 70.1 Å². The summed E-state index contributed by atoms with van der Waals surface area (Å²) in [6, 6.07) is 12.3. The summed E-state index contributed by atoms with van der Waals surface area (Å²) in [6.07, 6.45) is 0. The number of anilines is 1. The number of amides is 1. The van der Waals surface area contributed by atoms with Crippen LogP contribution in [0.15, 0.2) is 57.7 Å². The summed E-state index contributed by atoms with van der Waals surface area (Å²) in [7, 11) is 1.29. The maximum Gasteiger partial charge on any atom is 0.337 e. The lowest BCUT2D eigenvalue weighted by molar-refractivity contribution is 0.0600. The molecule has 0 unspecified atom stereocenters. The Morgan fingerprint density at radius 2 is 1.81 bits per heavy atom. The molecule has 1 aromatic heterocycles. The van der Waals surface area contributed by atoms with Crippen LogP contribution in [0.5, 0.6) is 5.75 Å². The van der Waals surface area contributed by atoms with Crippen molar-refractivity contribution in [2.45, 2.75) is 6.92 Å². The minimum Gasteiger partial charge on any atom is -0.494 e. The Balaban J connectivity index is 1.91. The van der Waals surface area contributed by atoms with Crippen LogP contribution in [0.3, 0.4) is 0 Å². The van der Waals surface area contributed by atoms with Gasteiger partial charge in [-0.2, -0.15) is 0 Å². The molecule has 0 radical (unpaired) electrons. The molecule has 0 aliphatic carbocycles. The Bertz CT molecular complexity index is 1050. The second-order valence-electron chi connectivity index (χ2n) is 5.59. The fourth-order valence-electron chi connectivity index (χ4n) is 2.59. The Hall–Kier alpha value is -3.61. The number of hydrogen-bond donors (Lipinski definition) is 1. The number of nitrogens with one attached hydrogen (secondary N) is 1. The highest BCUT2D eigenvalue weighted by Gasteiger charge is 2.15. The minimum absolute atomic E-state index is 0.182. The standard InChI is InChI=1S/C20H17NO6/c1-3-26-14-8-9-15-16(11-18(22)27-17(15)10-14)19(23)21-13-6-4-12(5-7-13)20(24)25-2/h4-11H,3H2,1-2H3,(H,21,23). The number of fused-ring (bicyclic) bond motifs is 1. The third kappa shape index (κ3) is 3.98. The van der Waals surface area contributed by atoms with Gasteiger partial charge < -0.3 is 19.2 Å². The van der Waals surface area contributed by atoms with Crippen molar-refractivity contribution in [2.24, 2.45) is 0 Å². The van der Waals surface area contributed by atoms with Crippen molar-refractivity contribution in [1.29, 1.82) is 0 Å². The van der Waals surface area contributed by atoms with Gasteiger partial charge in [-0.15, -0.1) is 0 Å². The van der Waals surface area contributed by atoms with Gasteiger partial charge in [0.25, 0.3) is 5.91 Å². The van der Waals surface area contributed by atoms with Gasteiger partial charge in [-0.3, -0.25) is 4.79 Å². The molecule has 0 aliphatic rings. The zero-order chi connectivity index (χ0) is 19.4. The number of ether oxygens (including phenoxy) is 2. The number of hydrogen-bond acceptors (Lipinski definition) is 6. The smallest absolute Gasteiger partial charge is 0.337 e. The van der Waals surface area contributed by atoms with Crippen LogP contribution in [0.1, 0.15) is 27.6 Å². The van der Waals surface area contributed by atoms with Crippen molar-refractivity contribution < 1.29 is 23.5 Å². The third-order valence-corrected chi connectivity index (χ3v) is 3.84. The predicted molar refractivity (Wildman–Crippen MR) is 99.4 cm³/mol. The molecule has 0 saturated heterocycles. The van der Waals surface area contributed by atoms with Gasteiger partial charge in [-0.05, 0) is 43.3 Å². The molecule has 3 aromatic rings. The quantitative estimate of drug-likeness (QED) is 0.549. The first-order valence-electron chi connectivity index (χ1n) is 8.22. The lowest BCUT2D eigenvalue weighted by atomic mass is 10.1. The van der Waals surface area contributed by atoms with E-state index in [9.17, 15) is 14.4 Å². The first-order valence-corrected chi connectivity index (χ1v) is 8.22. The van der Waals surface area contributed by atoms with E-state index < -0.39 is 17.5 Å². The molecule has 0 bridgehead atoms. The molecule has 1 heterocycles. The molecule has 0 spiro atoms. The SMILES string of the molecule is CCOc1ccc2c(C(=O)Nc3ccc(C(=O)OC)cc3)cc(=O)oc2c1. The van der Waals surface area contributed by atoms with Gasteiger partial charge in [0.1, 0.15) is 11.3 Å². The van der Waals surface area contributed by atoms with Gasteiger partial charge in [0.05, 0.1) is 24.8 Å². The maximum atomic E-state index is 12.7. The zero-order valence-electron chi connectivity index (χ0n) is 14.8. The molecule has 138 valence electrons. The van der Waals surface area contributed by atoms with Crippen molar-refractivity contribution in [3.63, 3.8) is 0 Å². The molecule has 2 aromatic carbocycles. The molecule has 27 heavy (non-hydrogen) atoms. The summed E-state index contributed by atoms with van der Waals surface area (Å²) in [5.74, 6) is -0.392. The van der Waals surface area contributed by atoms with Crippen molar-refractivity contribution in [2.75, 3.05) is 19.0 Å². The molecular formula is C20H17NO6.